The lowest BCUT2D eigenvalue weighted by atomic mass is 9.76. The Morgan fingerprint density at radius 3 is 2.56 bits per heavy atom. The van der Waals surface area contributed by atoms with Gasteiger partial charge in [-0.1, -0.05) is 11.6 Å². The van der Waals surface area contributed by atoms with Crippen LogP contribution in [0.5, 0.6) is 0 Å². The second-order valence-corrected chi connectivity index (χ2v) is 13.8. The molecule has 1 saturated carbocycles. The Labute approximate surface area is 248 Å². The summed E-state index contributed by atoms with van der Waals surface area (Å²) in [4.78, 5) is 46.9. The van der Waals surface area contributed by atoms with Crippen molar-refractivity contribution in [1.82, 2.24) is 14.8 Å². The molecule has 2 saturated heterocycles. The van der Waals surface area contributed by atoms with Crippen LogP contribution in [0.1, 0.15) is 49.6 Å². The minimum Gasteiger partial charge on any atom is -0.444 e. The van der Waals surface area contributed by atoms with Crippen molar-refractivity contribution >= 4 is 51.1 Å². The number of morpholine rings is 1. The quantitative estimate of drug-likeness (QED) is 0.336. The van der Waals surface area contributed by atoms with Gasteiger partial charge in [0.05, 0.1) is 47.9 Å². The first-order valence-corrected chi connectivity index (χ1v) is 15.3. The Kier molecular flexibility index (Phi) is 7.32. The van der Waals surface area contributed by atoms with E-state index in [1.807, 2.05) is 52.0 Å². The van der Waals surface area contributed by atoms with Gasteiger partial charge in [-0.05, 0) is 81.5 Å². The maximum atomic E-state index is 12.8. The molecule has 216 valence electrons. The van der Waals surface area contributed by atoms with Crippen molar-refractivity contribution in [3.8, 4) is 11.1 Å². The van der Waals surface area contributed by atoms with Gasteiger partial charge in [0, 0.05) is 34.6 Å². The summed E-state index contributed by atoms with van der Waals surface area (Å²) in [5.41, 5.74) is 4.36. The third-order valence-corrected chi connectivity index (χ3v) is 9.53. The fraction of sp³-hybridized carbons (Fsp3) is 0.484. The predicted molar refractivity (Wildman–Crippen MR) is 158 cm³/mol. The summed E-state index contributed by atoms with van der Waals surface area (Å²) < 4.78 is 12.7. The lowest BCUT2D eigenvalue weighted by Gasteiger charge is -2.34. The van der Waals surface area contributed by atoms with Gasteiger partial charge < -0.3 is 14.4 Å². The highest BCUT2D eigenvalue weighted by Gasteiger charge is 2.52. The summed E-state index contributed by atoms with van der Waals surface area (Å²) in [5, 5.41) is 0.631. The minimum absolute atomic E-state index is 0.0439. The Bertz CT molecular complexity index is 1520. The van der Waals surface area contributed by atoms with Crippen LogP contribution in [-0.4, -0.2) is 64.1 Å². The molecule has 3 aliphatic rings. The Morgan fingerprint density at radius 1 is 1.15 bits per heavy atom. The van der Waals surface area contributed by atoms with E-state index < -0.39 is 5.60 Å². The van der Waals surface area contributed by atoms with E-state index in [-0.39, 0.29) is 42.4 Å². The van der Waals surface area contributed by atoms with E-state index >= 15 is 0 Å². The zero-order valence-corrected chi connectivity index (χ0v) is 25.3. The first kappa shape index (κ1) is 28.1. The number of hydrogen-bond donors (Lipinski definition) is 0. The molecule has 6 rings (SSSR count). The molecule has 2 aliphatic heterocycles. The molecule has 0 spiro atoms. The third kappa shape index (κ3) is 5.47. The lowest BCUT2D eigenvalue weighted by molar-refractivity contribution is -0.140. The highest BCUT2D eigenvalue weighted by Crippen LogP contribution is 2.44. The van der Waals surface area contributed by atoms with Gasteiger partial charge in [-0.3, -0.25) is 19.5 Å². The first-order chi connectivity index (χ1) is 19.5. The standard InChI is InChI=1S/C31H34ClN3O5S/c1-17-11-18(32)12-25(24(17)13-19-15-34(9-10-39-19)30(38)40-31(2,3)4)21-7-8-33-26-14-20(41-27(21)26)16-35-28(36)22-5-6-23(22)29(35)37/h7-8,11-12,14,19,22-23H,5-6,9-10,13,15-16H2,1-4H3. The number of pyridine rings is 1. The molecule has 2 aromatic heterocycles. The number of benzene rings is 1. The molecule has 0 bridgehead atoms. The van der Waals surface area contributed by atoms with Crippen LogP contribution in [0.3, 0.4) is 0 Å². The molecule has 1 aliphatic carbocycles. The number of thiophene rings is 1. The Morgan fingerprint density at radius 2 is 1.88 bits per heavy atom. The summed E-state index contributed by atoms with van der Waals surface area (Å²) in [5.74, 6) is -0.346. The molecular weight excluding hydrogens is 562 g/mol. The monoisotopic (exact) mass is 595 g/mol. The predicted octanol–water partition coefficient (Wildman–Crippen LogP) is 6.00. The molecule has 1 aromatic carbocycles. The summed E-state index contributed by atoms with van der Waals surface area (Å²) in [7, 11) is 0. The van der Waals surface area contributed by atoms with Crippen LogP contribution in [-0.2, 0) is 32.0 Å². The van der Waals surface area contributed by atoms with Crippen LogP contribution in [0.25, 0.3) is 21.3 Å². The maximum absolute atomic E-state index is 12.8. The van der Waals surface area contributed by atoms with Crippen molar-refractivity contribution in [2.45, 2.75) is 65.2 Å². The Balaban J connectivity index is 1.29. The van der Waals surface area contributed by atoms with E-state index in [4.69, 9.17) is 21.1 Å². The fourth-order valence-electron chi connectivity index (χ4n) is 6.04. The number of hydrogen-bond acceptors (Lipinski definition) is 7. The van der Waals surface area contributed by atoms with Gasteiger partial charge >= 0.3 is 6.09 Å². The van der Waals surface area contributed by atoms with Crippen molar-refractivity contribution in [1.29, 1.82) is 0 Å². The molecule has 3 fully saturated rings. The summed E-state index contributed by atoms with van der Waals surface area (Å²) in [6, 6.07) is 7.88. The smallest absolute Gasteiger partial charge is 0.410 e. The number of fused-ring (bicyclic) bond motifs is 2. The van der Waals surface area contributed by atoms with E-state index in [2.05, 4.69) is 4.98 Å². The highest BCUT2D eigenvalue weighted by atomic mass is 35.5. The van der Waals surface area contributed by atoms with E-state index in [1.165, 1.54) is 4.90 Å². The van der Waals surface area contributed by atoms with Crippen LogP contribution in [0.15, 0.2) is 30.5 Å². The lowest BCUT2D eigenvalue weighted by Crippen LogP contribution is -2.48. The molecule has 3 aromatic rings. The number of imide groups is 1. The molecule has 41 heavy (non-hydrogen) atoms. The number of amides is 3. The number of ether oxygens (including phenoxy) is 2. The molecular formula is C31H34ClN3O5S. The highest BCUT2D eigenvalue weighted by molar-refractivity contribution is 7.19. The molecule has 3 unspecified atom stereocenters. The van der Waals surface area contributed by atoms with Crippen LogP contribution in [0.4, 0.5) is 4.79 Å². The first-order valence-electron chi connectivity index (χ1n) is 14.1. The van der Waals surface area contributed by atoms with Gasteiger partial charge in [0.1, 0.15) is 5.60 Å². The molecule has 3 amide bonds. The van der Waals surface area contributed by atoms with Crippen molar-refractivity contribution < 1.29 is 23.9 Å². The van der Waals surface area contributed by atoms with Gasteiger partial charge in [-0.2, -0.15) is 0 Å². The van der Waals surface area contributed by atoms with E-state index in [1.54, 1.807) is 22.4 Å². The minimum atomic E-state index is -0.563. The van der Waals surface area contributed by atoms with Gasteiger partial charge in [-0.15, -0.1) is 11.3 Å². The summed E-state index contributed by atoms with van der Waals surface area (Å²) in [6.45, 7) is 9.27. The number of likely N-dealkylation sites (tertiary alicyclic amines) is 1. The largest absolute Gasteiger partial charge is 0.444 e. The van der Waals surface area contributed by atoms with Gasteiger partial charge in [-0.25, -0.2) is 4.79 Å². The summed E-state index contributed by atoms with van der Waals surface area (Å²) >= 11 is 8.14. The summed E-state index contributed by atoms with van der Waals surface area (Å²) in [6.07, 6.45) is 3.46. The number of aryl methyl sites for hydroxylation is 1. The number of carbonyl (C=O) groups is 3. The van der Waals surface area contributed by atoms with Gasteiger partial charge in [0.2, 0.25) is 11.8 Å². The fourth-order valence-corrected chi connectivity index (χ4v) is 7.44. The number of halogens is 1. The average molecular weight is 596 g/mol. The molecule has 0 radical (unpaired) electrons. The van der Waals surface area contributed by atoms with Crippen molar-refractivity contribution in [2.24, 2.45) is 11.8 Å². The normalized spacial score (nSPS) is 22.7. The van der Waals surface area contributed by atoms with E-state index in [0.29, 0.717) is 31.1 Å². The molecule has 3 atom stereocenters. The number of rotatable bonds is 5. The second kappa shape index (κ2) is 10.7. The van der Waals surface area contributed by atoms with Crippen LogP contribution < -0.4 is 0 Å². The van der Waals surface area contributed by atoms with Crippen molar-refractivity contribution in [3.05, 3.63) is 51.5 Å². The average Bonchev–Trinajstić information content (AvgIpc) is 3.36. The zero-order chi connectivity index (χ0) is 29.1. The van der Waals surface area contributed by atoms with Crippen LogP contribution in [0.2, 0.25) is 5.02 Å². The van der Waals surface area contributed by atoms with Gasteiger partial charge in [0.15, 0.2) is 0 Å². The maximum Gasteiger partial charge on any atom is 0.410 e. The second-order valence-electron chi connectivity index (χ2n) is 12.2. The molecule has 0 N–H and O–H groups in total. The molecule has 4 heterocycles. The SMILES string of the molecule is Cc1cc(Cl)cc(-c2ccnc3cc(CN4C(=O)C5CCC5C4=O)sc23)c1CC1CN(C(=O)OC(C)(C)C)CCO1. The zero-order valence-electron chi connectivity index (χ0n) is 23.7. The van der Waals surface area contributed by atoms with E-state index in [9.17, 15) is 14.4 Å². The number of carbonyl (C=O) groups excluding carboxylic acids is 3. The molecule has 8 nitrogen and oxygen atoms in total. The van der Waals surface area contributed by atoms with Crippen molar-refractivity contribution in [2.75, 3.05) is 19.7 Å². The van der Waals surface area contributed by atoms with Crippen LogP contribution >= 0.6 is 22.9 Å². The number of aromatic nitrogens is 1. The third-order valence-electron chi connectivity index (χ3n) is 8.17. The Hall–Kier alpha value is -3.01. The van der Waals surface area contributed by atoms with Crippen molar-refractivity contribution in [3.63, 3.8) is 0 Å². The molecule has 10 heteroatoms. The number of nitrogens with zero attached hydrogens (tertiary/aromatic N) is 3. The van der Waals surface area contributed by atoms with Gasteiger partial charge in [0.25, 0.3) is 0 Å². The van der Waals surface area contributed by atoms with E-state index in [0.717, 1.165) is 50.2 Å². The topological polar surface area (TPSA) is 89.0 Å². The van der Waals surface area contributed by atoms with Crippen LogP contribution in [0, 0.1) is 18.8 Å².